The van der Waals surface area contributed by atoms with Crippen molar-refractivity contribution in [3.8, 4) is 0 Å². The quantitative estimate of drug-likeness (QED) is 0.865. The standard InChI is InChI=1S/C14H18N2O3/c1-9-5-4-6-11(10(9)2)16-12(14(18)19)7-15(3)8-13(16)17/h4-6,12H,7-8H2,1-3H3,(H,18,19). The maximum absolute atomic E-state index is 12.2. The highest BCUT2D eigenvalue weighted by Crippen LogP contribution is 2.27. The van der Waals surface area contributed by atoms with Crippen LogP contribution in [-0.2, 0) is 9.59 Å². The van der Waals surface area contributed by atoms with E-state index in [1.54, 1.807) is 11.9 Å². The van der Waals surface area contributed by atoms with Crippen LogP contribution < -0.4 is 4.90 Å². The summed E-state index contributed by atoms with van der Waals surface area (Å²) in [4.78, 5) is 26.8. The fraction of sp³-hybridized carbons (Fsp3) is 0.429. The van der Waals surface area contributed by atoms with Gasteiger partial charge in [-0.2, -0.15) is 0 Å². The molecule has 1 aliphatic rings. The summed E-state index contributed by atoms with van der Waals surface area (Å²) < 4.78 is 0. The van der Waals surface area contributed by atoms with Crippen molar-refractivity contribution in [3.63, 3.8) is 0 Å². The summed E-state index contributed by atoms with van der Waals surface area (Å²) in [5, 5.41) is 9.35. The predicted octanol–water partition coefficient (Wildman–Crippen LogP) is 1.04. The largest absolute Gasteiger partial charge is 0.480 e. The predicted molar refractivity (Wildman–Crippen MR) is 72.3 cm³/mol. The monoisotopic (exact) mass is 262 g/mol. The minimum absolute atomic E-state index is 0.171. The van der Waals surface area contributed by atoms with Gasteiger partial charge < -0.3 is 5.11 Å². The lowest BCUT2D eigenvalue weighted by atomic mass is 10.0. The van der Waals surface area contributed by atoms with Crippen molar-refractivity contribution in [2.24, 2.45) is 0 Å². The number of likely N-dealkylation sites (N-methyl/N-ethyl adjacent to an activating group) is 1. The second kappa shape index (κ2) is 5.01. The number of hydrogen-bond acceptors (Lipinski definition) is 3. The summed E-state index contributed by atoms with van der Waals surface area (Å²) in [5.41, 5.74) is 2.70. The first-order valence-electron chi connectivity index (χ1n) is 6.21. The zero-order valence-electron chi connectivity index (χ0n) is 11.4. The molecule has 5 heteroatoms. The second-order valence-corrected chi connectivity index (χ2v) is 5.03. The Morgan fingerprint density at radius 3 is 2.68 bits per heavy atom. The highest BCUT2D eigenvalue weighted by atomic mass is 16.4. The molecule has 1 aromatic rings. The van der Waals surface area contributed by atoms with E-state index in [1.165, 1.54) is 4.90 Å². The van der Waals surface area contributed by atoms with Gasteiger partial charge in [0.15, 0.2) is 0 Å². The van der Waals surface area contributed by atoms with Crippen LogP contribution in [0.2, 0.25) is 0 Å². The highest BCUT2D eigenvalue weighted by Gasteiger charge is 2.37. The van der Waals surface area contributed by atoms with Gasteiger partial charge in [-0.05, 0) is 38.1 Å². The normalized spacial score (nSPS) is 20.7. The Balaban J connectivity index is 2.47. The van der Waals surface area contributed by atoms with Gasteiger partial charge in [-0.3, -0.25) is 14.6 Å². The number of carbonyl (C=O) groups excluding carboxylic acids is 1. The van der Waals surface area contributed by atoms with Crippen LogP contribution in [0.25, 0.3) is 0 Å². The Morgan fingerprint density at radius 1 is 1.37 bits per heavy atom. The Hall–Kier alpha value is -1.88. The van der Waals surface area contributed by atoms with Gasteiger partial charge in [0.05, 0.1) is 6.54 Å². The second-order valence-electron chi connectivity index (χ2n) is 5.03. The molecule has 1 unspecified atom stereocenters. The number of piperazine rings is 1. The molecule has 0 bridgehead atoms. The van der Waals surface area contributed by atoms with E-state index in [2.05, 4.69) is 0 Å². The Labute approximate surface area is 112 Å². The molecule has 1 fully saturated rings. The lowest BCUT2D eigenvalue weighted by molar-refractivity contribution is -0.142. The van der Waals surface area contributed by atoms with Gasteiger partial charge in [-0.15, -0.1) is 0 Å². The van der Waals surface area contributed by atoms with Crippen LogP contribution in [0.5, 0.6) is 0 Å². The number of benzene rings is 1. The van der Waals surface area contributed by atoms with E-state index in [9.17, 15) is 14.7 Å². The summed E-state index contributed by atoms with van der Waals surface area (Å²) in [6.07, 6.45) is 0. The van der Waals surface area contributed by atoms with Crippen LogP contribution in [0.15, 0.2) is 18.2 Å². The molecule has 2 rings (SSSR count). The summed E-state index contributed by atoms with van der Waals surface area (Å²) in [5.74, 6) is -1.14. The van der Waals surface area contributed by atoms with Crippen molar-refractivity contribution in [3.05, 3.63) is 29.3 Å². The molecule has 1 saturated heterocycles. The molecule has 1 heterocycles. The smallest absolute Gasteiger partial charge is 0.328 e. The Kier molecular flexibility index (Phi) is 3.57. The minimum Gasteiger partial charge on any atom is -0.480 e. The summed E-state index contributed by atoms with van der Waals surface area (Å²) >= 11 is 0. The molecule has 5 nitrogen and oxygen atoms in total. The van der Waals surface area contributed by atoms with Crippen LogP contribution in [0.3, 0.4) is 0 Å². The Bertz CT molecular complexity index is 527. The molecular formula is C14H18N2O3. The van der Waals surface area contributed by atoms with Crippen LogP contribution in [-0.4, -0.2) is 48.1 Å². The molecule has 0 aromatic heterocycles. The number of carboxylic acids is 1. The summed E-state index contributed by atoms with van der Waals surface area (Å²) in [7, 11) is 1.76. The van der Waals surface area contributed by atoms with Gasteiger partial charge >= 0.3 is 5.97 Å². The number of nitrogens with zero attached hydrogens (tertiary/aromatic N) is 2. The molecule has 0 radical (unpaired) electrons. The fourth-order valence-corrected chi connectivity index (χ4v) is 2.41. The molecule has 1 N–H and O–H groups in total. The molecule has 102 valence electrons. The lowest BCUT2D eigenvalue weighted by Crippen LogP contribution is -2.58. The third kappa shape index (κ3) is 2.46. The summed E-state index contributed by atoms with van der Waals surface area (Å²) in [6.45, 7) is 4.45. The SMILES string of the molecule is Cc1cccc(N2C(=O)CN(C)CC2C(=O)O)c1C. The van der Waals surface area contributed by atoms with Gasteiger partial charge in [0.2, 0.25) is 5.91 Å². The van der Waals surface area contributed by atoms with Crippen LogP contribution in [0.4, 0.5) is 5.69 Å². The molecule has 1 aromatic carbocycles. The van der Waals surface area contributed by atoms with E-state index in [0.717, 1.165) is 11.1 Å². The maximum atomic E-state index is 12.2. The van der Waals surface area contributed by atoms with Gasteiger partial charge in [0.25, 0.3) is 0 Å². The van der Waals surface area contributed by atoms with E-state index in [-0.39, 0.29) is 12.5 Å². The molecule has 1 amide bonds. The molecule has 0 aliphatic carbocycles. The molecule has 1 atom stereocenters. The van der Waals surface area contributed by atoms with Crippen molar-refractivity contribution in [2.75, 3.05) is 25.0 Å². The van der Waals surface area contributed by atoms with E-state index < -0.39 is 12.0 Å². The van der Waals surface area contributed by atoms with Crippen LogP contribution in [0, 0.1) is 13.8 Å². The van der Waals surface area contributed by atoms with E-state index in [4.69, 9.17) is 0 Å². The number of anilines is 1. The number of aryl methyl sites for hydroxylation is 1. The highest BCUT2D eigenvalue weighted by molar-refractivity contribution is 6.02. The topological polar surface area (TPSA) is 60.9 Å². The average molecular weight is 262 g/mol. The molecule has 0 saturated carbocycles. The van der Waals surface area contributed by atoms with Crippen molar-refractivity contribution >= 4 is 17.6 Å². The van der Waals surface area contributed by atoms with E-state index in [0.29, 0.717) is 12.2 Å². The summed E-state index contributed by atoms with van der Waals surface area (Å²) in [6, 6.07) is 4.78. The number of carboxylic acid groups (broad SMARTS) is 1. The maximum Gasteiger partial charge on any atom is 0.328 e. The minimum atomic E-state index is -0.971. The van der Waals surface area contributed by atoms with Crippen molar-refractivity contribution < 1.29 is 14.7 Å². The number of carbonyl (C=O) groups is 2. The van der Waals surface area contributed by atoms with Crippen molar-refractivity contribution in [2.45, 2.75) is 19.9 Å². The Morgan fingerprint density at radius 2 is 2.05 bits per heavy atom. The number of hydrogen-bond donors (Lipinski definition) is 1. The first-order valence-corrected chi connectivity index (χ1v) is 6.21. The van der Waals surface area contributed by atoms with E-state index >= 15 is 0 Å². The molecule has 1 aliphatic heterocycles. The van der Waals surface area contributed by atoms with Crippen LogP contribution in [0.1, 0.15) is 11.1 Å². The van der Waals surface area contributed by atoms with Gasteiger partial charge in [0, 0.05) is 12.2 Å². The number of aliphatic carboxylic acids is 1. The molecule has 19 heavy (non-hydrogen) atoms. The van der Waals surface area contributed by atoms with Crippen molar-refractivity contribution in [1.82, 2.24) is 4.90 Å². The first-order chi connectivity index (χ1) is 8.91. The third-order valence-electron chi connectivity index (χ3n) is 3.59. The zero-order chi connectivity index (χ0) is 14.2. The van der Waals surface area contributed by atoms with Gasteiger partial charge in [0.1, 0.15) is 6.04 Å². The van der Waals surface area contributed by atoms with Crippen molar-refractivity contribution in [1.29, 1.82) is 0 Å². The zero-order valence-corrected chi connectivity index (χ0v) is 11.4. The van der Waals surface area contributed by atoms with Crippen LogP contribution >= 0.6 is 0 Å². The fourth-order valence-electron chi connectivity index (χ4n) is 2.41. The van der Waals surface area contributed by atoms with E-state index in [1.807, 2.05) is 32.0 Å². The average Bonchev–Trinajstić information content (AvgIpc) is 2.32. The number of rotatable bonds is 2. The van der Waals surface area contributed by atoms with Gasteiger partial charge in [-0.1, -0.05) is 12.1 Å². The van der Waals surface area contributed by atoms with Gasteiger partial charge in [-0.25, -0.2) is 4.79 Å². The number of amides is 1. The lowest BCUT2D eigenvalue weighted by Gasteiger charge is -2.38. The molecular weight excluding hydrogens is 244 g/mol. The molecule has 0 spiro atoms. The first kappa shape index (κ1) is 13.5. The third-order valence-corrected chi connectivity index (χ3v) is 3.59.